The van der Waals surface area contributed by atoms with Crippen LogP contribution >= 0.6 is 0 Å². The van der Waals surface area contributed by atoms with E-state index >= 15 is 0 Å². The van der Waals surface area contributed by atoms with Crippen molar-refractivity contribution in [1.82, 2.24) is 4.90 Å². The van der Waals surface area contributed by atoms with Crippen LogP contribution in [0.3, 0.4) is 0 Å². The molecule has 2 atom stereocenters. The first-order valence-corrected chi connectivity index (χ1v) is 9.94. The molecular formula is C23H28N2O3. The number of nitrogens with zero attached hydrogens (tertiary/aromatic N) is 1. The Labute approximate surface area is 166 Å². The molecule has 0 aromatic heterocycles. The molecule has 1 aliphatic heterocycles. The van der Waals surface area contributed by atoms with E-state index in [-0.39, 0.29) is 23.8 Å². The summed E-state index contributed by atoms with van der Waals surface area (Å²) >= 11 is 0. The van der Waals surface area contributed by atoms with Gasteiger partial charge in [0, 0.05) is 24.2 Å². The third kappa shape index (κ3) is 4.35. The fraction of sp³-hybridized carbons (Fsp3) is 0.391. The number of amides is 2. The van der Waals surface area contributed by atoms with Gasteiger partial charge in [-0.05, 0) is 31.0 Å². The fourth-order valence-corrected chi connectivity index (χ4v) is 3.87. The third-order valence-electron chi connectivity index (χ3n) is 5.29. The highest BCUT2D eigenvalue weighted by Gasteiger charge is 2.41. The summed E-state index contributed by atoms with van der Waals surface area (Å²) < 4.78 is 5.56. The molecule has 0 aliphatic carbocycles. The Hall–Kier alpha value is -2.82. The SMILES string of the molecule is CCCCN1C(=O)CCC(C(=O)Nc2ccccc2)C1c1ccccc1OC. The first kappa shape index (κ1) is 19.9. The van der Waals surface area contributed by atoms with Gasteiger partial charge >= 0.3 is 0 Å². The van der Waals surface area contributed by atoms with E-state index in [2.05, 4.69) is 12.2 Å². The van der Waals surface area contributed by atoms with Crippen LogP contribution in [0.5, 0.6) is 5.75 Å². The normalized spacial score (nSPS) is 19.4. The van der Waals surface area contributed by atoms with Crippen molar-refractivity contribution < 1.29 is 14.3 Å². The van der Waals surface area contributed by atoms with Gasteiger partial charge in [-0.15, -0.1) is 0 Å². The lowest BCUT2D eigenvalue weighted by molar-refractivity contribution is -0.142. The van der Waals surface area contributed by atoms with Gasteiger partial charge in [-0.2, -0.15) is 0 Å². The molecule has 28 heavy (non-hydrogen) atoms. The lowest BCUT2D eigenvalue weighted by atomic mass is 9.83. The van der Waals surface area contributed by atoms with Crippen molar-refractivity contribution in [2.75, 3.05) is 19.0 Å². The van der Waals surface area contributed by atoms with E-state index in [1.807, 2.05) is 59.5 Å². The maximum Gasteiger partial charge on any atom is 0.229 e. The molecule has 1 aliphatic rings. The van der Waals surface area contributed by atoms with Crippen molar-refractivity contribution >= 4 is 17.5 Å². The molecule has 2 aromatic rings. The number of piperidine rings is 1. The molecule has 2 unspecified atom stereocenters. The average molecular weight is 380 g/mol. The minimum Gasteiger partial charge on any atom is -0.496 e. The van der Waals surface area contributed by atoms with Crippen molar-refractivity contribution in [2.45, 2.75) is 38.6 Å². The van der Waals surface area contributed by atoms with Gasteiger partial charge in [0.1, 0.15) is 5.75 Å². The van der Waals surface area contributed by atoms with E-state index in [9.17, 15) is 9.59 Å². The van der Waals surface area contributed by atoms with Crippen molar-refractivity contribution in [3.8, 4) is 5.75 Å². The van der Waals surface area contributed by atoms with Gasteiger partial charge in [-0.1, -0.05) is 49.7 Å². The van der Waals surface area contributed by atoms with Gasteiger partial charge in [0.25, 0.3) is 0 Å². The zero-order valence-electron chi connectivity index (χ0n) is 16.6. The summed E-state index contributed by atoms with van der Waals surface area (Å²) in [6.45, 7) is 2.75. The number of likely N-dealkylation sites (tertiary alicyclic amines) is 1. The molecule has 0 radical (unpaired) electrons. The van der Waals surface area contributed by atoms with Crippen molar-refractivity contribution in [2.24, 2.45) is 5.92 Å². The Morgan fingerprint density at radius 2 is 1.86 bits per heavy atom. The summed E-state index contributed by atoms with van der Waals surface area (Å²) in [5.41, 5.74) is 1.66. The number of anilines is 1. The summed E-state index contributed by atoms with van der Waals surface area (Å²) in [6, 6.07) is 16.8. The van der Waals surface area contributed by atoms with Crippen molar-refractivity contribution in [3.05, 3.63) is 60.2 Å². The standard InChI is InChI=1S/C23H28N2O3/c1-3-4-16-25-21(26)15-14-19(23(27)24-17-10-6-5-7-11-17)22(25)18-12-8-9-13-20(18)28-2/h5-13,19,22H,3-4,14-16H2,1-2H3,(H,24,27). The Kier molecular flexibility index (Phi) is 6.69. The van der Waals surface area contributed by atoms with Crippen LogP contribution in [-0.2, 0) is 9.59 Å². The first-order chi connectivity index (χ1) is 13.7. The molecule has 5 heteroatoms. The summed E-state index contributed by atoms with van der Waals surface area (Å²) in [5.74, 6) is 0.427. The number of benzene rings is 2. The number of hydrogen-bond donors (Lipinski definition) is 1. The minimum absolute atomic E-state index is 0.0592. The molecule has 1 saturated heterocycles. The van der Waals surface area contributed by atoms with Crippen LogP contribution in [0, 0.1) is 5.92 Å². The van der Waals surface area contributed by atoms with Crippen LogP contribution < -0.4 is 10.1 Å². The van der Waals surface area contributed by atoms with Gasteiger partial charge in [0.15, 0.2) is 0 Å². The second kappa shape index (κ2) is 9.40. The molecule has 0 bridgehead atoms. The van der Waals surface area contributed by atoms with Crippen LogP contribution in [0.1, 0.15) is 44.2 Å². The Balaban J connectivity index is 1.96. The van der Waals surface area contributed by atoms with Gasteiger partial charge in [0.2, 0.25) is 11.8 Å². The van der Waals surface area contributed by atoms with E-state index in [1.54, 1.807) is 7.11 Å². The molecule has 2 aromatic carbocycles. The maximum absolute atomic E-state index is 13.2. The van der Waals surface area contributed by atoms with Crippen LogP contribution in [0.15, 0.2) is 54.6 Å². The van der Waals surface area contributed by atoms with Crippen molar-refractivity contribution in [1.29, 1.82) is 0 Å². The monoisotopic (exact) mass is 380 g/mol. The smallest absolute Gasteiger partial charge is 0.229 e. The molecule has 0 spiro atoms. The number of para-hydroxylation sites is 2. The van der Waals surface area contributed by atoms with Gasteiger partial charge in [-0.25, -0.2) is 0 Å². The van der Waals surface area contributed by atoms with Gasteiger partial charge < -0.3 is 15.0 Å². The lowest BCUT2D eigenvalue weighted by Crippen LogP contribution is -2.47. The number of carbonyl (C=O) groups excluding carboxylic acids is 2. The summed E-state index contributed by atoms with van der Waals surface area (Å²) in [5, 5.41) is 3.02. The zero-order valence-corrected chi connectivity index (χ0v) is 16.6. The van der Waals surface area contributed by atoms with E-state index in [1.165, 1.54) is 0 Å². The number of carbonyl (C=O) groups is 2. The van der Waals surface area contributed by atoms with Crippen LogP contribution in [0.2, 0.25) is 0 Å². The lowest BCUT2D eigenvalue weighted by Gasteiger charge is -2.41. The number of methoxy groups -OCH3 is 1. The predicted octanol–water partition coefficient (Wildman–Crippen LogP) is 4.41. The van der Waals surface area contributed by atoms with E-state index in [0.29, 0.717) is 25.1 Å². The van der Waals surface area contributed by atoms with Crippen LogP contribution in [0.25, 0.3) is 0 Å². The molecule has 1 heterocycles. The van der Waals surface area contributed by atoms with Gasteiger partial charge in [0.05, 0.1) is 19.1 Å². The largest absolute Gasteiger partial charge is 0.496 e. The minimum atomic E-state index is -0.328. The number of hydrogen-bond acceptors (Lipinski definition) is 3. The van der Waals surface area contributed by atoms with E-state index < -0.39 is 0 Å². The molecule has 0 saturated carbocycles. The van der Waals surface area contributed by atoms with E-state index in [0.717, 1.165) is 24.1 Å². The number of nitrogens with one attached hydrogen (secondary N) is 1. The third-order valence-corrected chi connectivity index (χ3v) is 5.29. The summed E-state index contributed by atoms with van der Waals surface area (Å²) in [4.78, 5) is 27.8. The molecule has 2 amide bonds. The molecule has 1 N–H and O–H groups in total. The van der Waals surface area contributed by atoms with Crippen LogP contribution in [-0.4, -0.2) is 30.4 Å². The number of rotatable bonds is 7. The molecule has 148 valence electrons. The number of ether oxygens (including phenoxy) is 1. The Morgan fingerprint density at radius 3 is 2.57 bits per heavy atom. The maximum atomic E-state index is 13.2. The van der Waals surface area contributed by atoms with E-state index in [4.69, 9.17) is 4.74 Å². The number of unbranched alkanes of at least 4 members (excludes halogenated alkanes) is 1. The second-order valence-corrected chi connectivity index (χ2v) is 7.13. The highest BCUT2D eigenvalue weighted by Crippen LogP contribution is 2.41. The quantitative estimate of drug-likeness (QED) is 0.774. The summed E-state index contributed by atoms with van der Waals surface area (Å²) in [7, 11) is 1.62. The molecule has 5 nitrogen and oxygen atoms in total. The predicted molar refractivity (Wildman–Crippen MR) is 110 cm³/mol. The molecule has 1 fully saturated rings. The topological polar surface area (TPSA) is 58.6 Å². The highest BCUT2D eigenvalue weighted by molar-refractivity contribution is 5.94. The molecule has 3 rings (SSSR count). The molecular weight excluding hydrogens is 352 g/mol. The second-order valence-electron chi connectivity index (χ2n) is 7.13. The van der Waals surface area contributed by atoms with Gasteiger partial charge in [-0.3, -0.25) is 9.59 Å². The fourth-order valence-electron chi connectivity index (χ4n) is 3.87. The zero-order chi connectivity index (χ0) is 19.9. The highest BCUT2D eigenvalue weighted by atomic mass is 16.5. The Morgan fingerprint density at radius 1 is 1.14 bits per heavy atom. The summed E-state index contributed by atoms with van der Waals surface area (Å²) in [6.07, 6.45) is 2.82. The van der Waals surface area contributed by atoms with Crippen LogP contribution in [0.4, 0.5) is 5.69 Å². The Bertz CT molecular complexity index is 807. The van der Waals surface area contributed by atoms with Crippen molar-refractivity contribution in [3.63, 3.8) is 0 Å². The first-order valence-electron chi connectivity index (χ1n) is 9.94. The average Bonchev–Trinajstić information content (AvgIpc) is 2.73.